The van der Waals surface area contributed by atoms with Crippen molar-refractivity contribution >= 4 is 17.2 Å². The lowest BCUT2D eigenvalue weighted by Crippen LogP contribution is -2.52. The molecule has 4 heterocycles. The second kappa shape index (κ2) is 9.03. The summed E-state index contributed by atoms with van der Waals surface area (Å²) in [6, 6.07) is 5.16. The van der Waals surface area contributed by atoms with Gasteiger partial charge in [0, 0.05) is 55.1 Å². The SMILES string of the molecule is Cc1ccc(CN2CCC(N3CCC[C@H](C(=O)N4CCOCC4)C3)CC2)s1. The molecule has 3 saturated heterocycles. The van der Waals surface area contributed by atoms with Gasteiger partial charge >= 0.3 is 0 Å². The van der Waals surface area contributed by atoms with Gasteiger partial charge in [0.05, 0.1) is 19.1 Å². The number of morpholine rings is 1. The molecule has 5 nitrogen and oxygen atoms in total. The first-order valence-electron chi connectivity index (χ1n) is 10.6. The van der Waals surface area contributed by atoms with E-state index in [4.69, 9.17) is 4.74 Å². The van der Waals surface area contributed by atoms with Crippen LogP contribution < -0.4 is 0 Å². The predicted molar refractivity (Wildman–Crippen MR) is 109 cm³/mol. The third kappa shape index (κ3) is 4.91. The highest BCUT2D eigenvalue weighted by Crippen LogP contribution is 2.26. The highest BCUT2D eigenvalue weighted by molar-refractivity contribution is 7.11. The molecular weight excluding hydrogens is 358 g/mol. The number of aryl methyl sites for hydroxylation is 1. The topological polar surface area (TPSA) is 36.0 Å². The molecule has 0 bridgehead atoms. The van der Waals surface area contributed by atoms with Gasteiger partial charge in [-0.15, -0.1) is 11.3 Å². The average Bonchev–Trinajstić information content (AvgIpc) is 3.13. The number of ether oxygens (including phenoxy) is 1. The van der Waals surface area contributed by atoms with Crippen molar-refractivity contribution in [1.82, 2.24) is 14.7 Å². The zero-order valence-electron chi connectivity index (χ0n) is 16.6. The molecule has 0 aromatic carbocycles. The summed E-state index contributed by atoms with van der Waals surface area (Å²) in [6.45, 7) is 10.7. The first-order valence-corrected chi connectivity index (χ1v) is 11.4. The number of carbonyl (C=O) groups excluding carboxylic acids is 1. The lowest BCUT2D eigenvalue weighted by Gasteiger charge is -2.43. The zero-order chi connectivity index (χ0) is 18.6. The summed E-state index contributed by atoms with van der Waals surface area (Å²) in [5.74, 6) is 0.567. The molecule has 27 heavy (non-hydrogen) atoms. The van der Waals surface area contributed by atoms with Crippen molar-refractivity contribution in [2.24, 2.45) is 5.92 Å². The monoisotopic (exact) mass is 391 g/mol. The smallest absolute Gasteiger partial charge is 0.227 e. The van der Waals surface area contributed by atoms with Crippen molar-refractivity contribution in [1.29, 1.82) is 0 Å². The van der Waals surface area contributed by atoms with Crippen molar-refractivity contribution < 1.29 is 9.53 Å². The zero-order valence-corrected chi connectivity index (χ0v) is 17.4. The van der Waals surface area contributed by atoms with Gasteiger partial charge in [-0.2, -0.15) is 0 Å². The fourth-order valence-corrected chi connectivity index (χ4v) is 5.75. The van der Waals surface area contributed by atoms with E-state index in [1.54, 1.807) is 0 Å². The maximum atomic E-state index is 12.9. The molecule has 0 saturated carbocycles. The third-order valence-corrected chi connectivity index (χ3v) is 7.36. The fraction of sp³-hybridized carbons (Fsp3) is 0.762. The van der Waals surface area contributed by atoms with Crippen molar-refractivity contribution in [2.45, 2.75) is 45.2 Å². The van der Waals surface area contributed by atoms with Gasteiger partial charge < -0.3 is 9.64 Å². The number of piperidine rings is 2. The number of amides is 1. The molecule has 6 heteroatoms. The summed E-state index contributed by atoms with van der Waals surface area (Å²) in [7, 11) is 0. The Hall–Kier alpha value is -0.950. The van der Waals surface area contributed by atoms with E-state index < -0.39 is 0 Å². The Labute approximate surface area is 167 Å². The highest BCUT2D eigenvalue weighted by Gasteiger charge is 2.33. The number of hydrogen-bond donors (Lipinski definition) is 0. The van der Waals surface area contributed by atoms with Crippen LogP contribution in [-0.4, -0.2) is 79.1 Å². The number of rotatable bonds is 4. The van der Waals surface area contributed by atoms with E-state index in [0.717, 1.165) is 39.0 Å². The summed E-state index contributed by atoms with van der Waals surface area (Å²) < 4.78 is 5.40. The minimum Gasteiger partial charge on any atom is -0.378 e. The van der Waals surface area contributed by atoms with Crippen LogP contribution in [0, 0.1) is 12.8 Å². The van der Waals surface area contributed by atoms with Crippen molar-refractivity contribution in [3.63, 3.8) is 0 Å². The molecule has 0 N–H and O–H groups in total. The Morgan fingerprint density at radius 2 is 1.89 bits per heavy atom. The van der Waals surface area contributed by atoms with E-state index in [1.807, 2.05) is 16.2 Å². The van der Waals surface area contributed by atoms with Gasteiger partial charge in [0.15, 0.2) is 0 Å². The van der Waals surface area contributed by atoms with Crippen LogP contribution >= 0.6 is 11.3 Å². The minimum absolute atomic E-state index is 0.198. The van der Waals surface area contributed by atoms with E-state index in [0.29, 0.717) is 25.2 Å². The van der Waals surface area contributed by atoms with E-state index in [1.165, 1.54) is 42.2 Å². The quantitative estimate of drug-likeness (QED) is 0.790. The molecule has 1 amide bonds. The summed E-state index contributed by atoms with van der Waals surface area (Å²) in [5, 5.41) is 0. The summed E-state index contributed by atoms with van der Waals surface area (Å²) in [6.07, 6.45) is 4.70. The van der Waals surface area contributed by atoms with Gasteiger partial charge in [-0.25, -0.2) is 0 Å². The van der Waals surface area contributed by atoms with Crippen LogP contribution in [0.15, 0.2) is 12.1 Å². The fourth-order valence-electron chi connectivity index (χ4n) is 4.81. The molecule has 150 valence electrons. The van der Waals surface area contributed by atoms with Gasteiger partial charge in [-0.05, 0) is 51.3 Å². The number of carbonyl (C=O) groups is 1. The molecular formula is C21H33N3O2S. The number of likely N-dealkylation sites (tertiary alicyclic amines) is 2. The summed E-state index contributed by atoms with van der Waals surface area (Å²) in [4.78, 5) is 23.0. The Morgan fingerprint density at radius 3 is 2.59 bits per heavy atom. The maximum absolute atomic E-state index is 12.9. The minimum atomic E-state index is 0.198. The van der Waals surface area contributed by atoms with Crippen LogP contribution in [0.3, 0.4) is 0 Å². The standard InChI is InChI=1S/C21H33N3O2S/c1-17-4-5-20(27-17)16-22-9-6-19(7-10-22)24-8-2-3-18(15-24)21(25)23-11-13-26-14-12-23/h4-5,18-19H,2-3,6-16H2,1H3/t18-/m0/s1. The predicted octanol–water partition coefficient (Wildman–Crippen LogP) is 2.59. The number of hydrogen-bond acceptors (Lipinski definition) is 5. The highest BCUT2D eigenvalue weighted by atomic mass is 32.1. The van der Waals surface area contributed by atoms with Gasteiger partial charge in [0.2, 0.25) is 5.91 Å². The molecule has 4 rings (SSSR count). The van der Waals surface area contributed by atoms with Crippen molar-refractivity contribution in [3.8, 4) is 0 Å². The molecule has 0 spiro atoms. The normalized spacial score (nSPS) is 26.4. The van der Waals surface area contributed by atoms with Gasteiger partial charge in [-0.1, -0.05) is 0 Å². The second-order valence-electron chi connectivity index (χ2n) is 8.29. The molecule has 0 aliphatic carbocycles. The molecule has 3 aliphatic rings. The van der Waals surface area contributed by atoms with Crippen LogP contribution in [0.4, 0.5) is 0 Å². The molecule has 0 radical (unpaired) electrons. The lowest BCUT2D eigenvalue weighted by molar-refractivity contribution is -0.142. The summed E-state index contributed by atoms with van der Waals surface area (Å²) >= 11 is 1.92. The van der Waals surface area contributed by atoms with E-state index >= 15 is 0 Å². The molecule has 3 fully saturated rings. The average molecular weight is 392 g/mol. The lowest BCUT2D eigenvalue weighted by atomic mass is 9.92. The number of thiophene rings is 1. The van der Waals surface area contributed by atoms with Crippen LogP contribution in [0.1, 0.15) is 35.4 Å². The van der Waals surface area contributed by atoms with Crippen LogP contribution in [0.2, 0.25) is 0 Å². The molecule has 1 atom stereocenters. The van der Waals surface area contributed by atoms with Gasteiger partial charge in [0.25, 0.3) is 0 Å². The molecule has 3 aliphatic heterocycles. The number of nitrogens with zero attached hydrogens (tertiary/aromatic N) is 3. The Kier molecular flexibility index (Phi) is 6.48. The first-order chi connectivity index (χ1) is 13.2. The largest absolute Gasteiger partial charge is 0.378 e. The Morgan fingerprint density at radius 1 is 1.11 bits per heavy atom. The Balaban J connectivity index is 1.26. The van der Waals surface area contributed by atoms with Gasteiger partial charge in [-0.3, -0.25) is 14.6 Å². The van der Waals surface area contributed by atoms with Crippen molar-refractivity contribution in [2.75, 3.05) is 52.5 Å². The Bertz CT molecular complexity index is 621. The molecule has 1 aromatic heterocycles. The molecule has 0 unspecified atom stereocenters. The second-order valence-corrected chi connectivity index (χ2v) is 9.66. The van der Waals surface area contributed by atoms with Crippen molar-refractivity contribution in [3.05, 3.63) is 21.9 Å². The molecule has 1 aromatic rings. The van der Waals surface area contributed by atoms with E-state index in [9.17, 15) is 4.79 Å². The van der Waals surface area contributed by atoms with Crippen LogP contribution in [0.5, 0.6) is 0 Å². The third-order valence-electron chi connectivity index (χ3n) is 6.37. The van der Waals surface area contributed by atoms with Gasteiger partial charge in [0.1, 0.15) is 0 Å². The summed E-state index contributed by atoms with van der Waals surface area (Å²) in [5.41, 5.74) is 0. The van der Waals surface area contributed by atoms with Crippen LogP contribution in [-0.2, 0) is 16.1 Å². The van der Waals surface area contributed by atoms with E-state index in [2.05, 4.69) is 28.9 Å². The van der Waals surface area contributed by atoms with E-state index in [-0.39, 0.29) is 5.92 Å². The first kappa shape index (κ1) is 19.4. The van der Waals surface area contributed by atoms with Crippen LogP contribution in [0.25, 0.3) is 0 Å². The maximum Gasteiger partial charge on any atom is 0.227 e.